The summed E-state index contributed by atoms with van der Waals surface area (Å²) >= 11 is 5.44. The first kappa shape index (κ1) is 12.5. The summed E-state index contributed by atoms with van der Waals surface area (Å²) in [5.41, 5.74) is 3.33. The van der Waals surface area contributed by atoms with Crippen LogP contribution in [-0.2, 0) is 6.42 Å². The summed E-state index contributed by atoms with van der Waals surface area (Å²) in [4.78, 5) is 16.0. The zero-order valence-corrected chi connectivity index (χ0v) is 12.2. The Balaban J connectivity index is 2.01. The van der Waals surface area contributed by atoms with Gasteiger partial charge in [0.2, 0.25) is 0 Å². The lowest BCUT2D eigenvalue weighted by Gasteiger charge is -2.16. The molecule has 21 heavy (non-hydrogen) atoms. The highest BCUT2D eigenvalue weighted by molar-refractivity contribution is 7.71. The van der Waals surface area contributed by atoms with Gasteiger partial charge in [-0.3, -0.25) is 9.36 Å². The van der Waals surface area contributed by atoms with Crippen molar-refractivity contribution >= 4 is 23.1 Å². The molecule has 3 aromatic rings. The van der Waals surface area contributed by atoms with Crippen LogP contribution >= 0.6 is 12.2 Å². The van der Waals surface area contributed by atoms with E-state index in [-0.39, 0.29) is 11.6 Å². The molecule has 3 nitrogen and oxygen atoms in total. The number of aromatic nitrogens is 2. The van der Waals surface area contributed by atoms with Crippen molar-refractivity contribution in [2.75, 3.05) is 0 Å². The van der Waals surface area contributed by atoms with Crippen molar-refractivity contribution in [3.63, 3.8) is 0 Å². The molecule has 1 aliphatic carbocycles. The number of benzene rings is 2. The normalized spacial score (nSPS) is 17.0. The minimum Gasteiger partial charge on any atom is -0.332 e. The number of H-pyrrole nitrogens is 1. The number of aryl methyl sites for hydroxylation is 1. The van der Waals surface area contributed by atoms with Crippen LogP contribution in [0.4, 0.5) is 0 Å². The van der Waals surface area contributed by atoms with Crippen LogP contribution in [0.25, 0.3) is 10.9 Å². The van der Waals surface area contributed by atoms with Crippen molar-refractivity contribution in [2.45, 2.75) is 18.9 Å². The summed E-state index contributed by atoms with van der Waals surface area (Å²) in [6, 6.07) is 15.9. The summed E-state index contributed by atoms with van der Waals surface area (Å²) in [6.07, 6.45) is 1.92. The van der Waals surface area contributed by atoms with Crippen LogP contribution < -0.4 is 5.56 Å². The quantitative estimate of drug-likeness (QED) is 0.696. The number of hydrogen-bond donors (Lipinski definition) is 1. The zero-order chi connectivity index (χ0) is 14.4. The summed E-state index contributed by atoms with van der Waals surface area (Å²) in [5, 5.41) is 0.690. The van der Waals surface area contributed by atoms with Gasteiger partial charge in [0.1, 0.15) is 0 Å². The van der Waals surface area contributed by atoms with Gasteiger partial charge >= 0.3 is 0 Å². The Hall–Kier alpha value is -2.20. The maximum atomic E-state index is 12.8. The molecule has 0 bridgehead atoms. The van der Waals surface area contributed by atoms with Crippen molar-refractivity contribution < 1.29 is 0 Å². The van der Waals surface area contributed by atoms with E-state index < -0.39 is 0 Å². The van der Waals surface area contributed by atoms with Gasteiger partial charge in [-0.2, -0.15) is 0 Å². The highest BCUT2D eigenvalue weighted by Crippen LogP contribution is 2.33. The Morgan fingerprint density at radius 2 is 1.86 bits per heavy atom. The lowest BCUT2D eigenvalue weighted by Crippen LogP contribution is -2.26. The number of hydrogen-bond acceptors (Lipinski definition) is 2. The second kappa shape index (κ2) is 4.67. The van der Waals surface area contributed by atoms with Crippen LogP contribution in [0.1, 0.15) is 23.6 Å². The van der Waals surface area contributed by atoms with Gasteiger partial charge in [-0.15, -0.1) is 0 Å². The molecule has 1 heterocycles. The fourth-order valence-corrected chi connectivity index (χ4v) is 3.58. The predicted octanol–water partition coefficient (Wildman–Crippen LogP) is 3.59. The van der Waals surface area contributed by atoms with E-state index in [1.165, 1.54) is 11.1 Å². The van der Waals surface area contributed by atoms with Gasteiger partial charge in [0.15, 0.2) is 4.77 Å². The molecule has 1 aliphatic rings. The number of nitrogens with zero attached hydrogens (tertiary/aromatic N) is 1. The van der Waals surface area contributed by atoms with Crippen LogP contribution in [0.15, 0.2) is 53.3 Å². The molecule has 1 N–H and O–H groups in total. The lowest BCUT2D eigenvalue weighted by molar-refractivity contribution is 0.549. The fraction of sp³-hybridized carbons (Fsp3) is 0.176. The first-order valence-corrected chi connectivity index (χ1v) is 7.48. The SMILES string of the molecule is O=c1c2ccccc2[nH]c(=S)n1C1CCc2ccccc21. The Morgan fingerprint density at radius 3 is 2.76 bits per heavy atom. The van der Waals surface area contributed by atoms with Gasteiger partial charge < -0.3 is 4.98 Å². The first-order chi connectivity index (χ1) is 10.3. The Kier molecular flexibility index (Phi) is 2.79. The molecule has 0 saturated carbocycles. The molecule has 1 aromatic heterocycles. The highest BCUT2D eigenvalue weighted by atomic mass is 32.1. The molecule has 0 amide bonds. The van der Waals surface area contributed by atoms with Crippen molar-refractivity contribution in [1.82, 2.24) is 9.55 Å². The number of nitrogens with one attached hydrogen (secondary N) is 1. The van der Waals surface area contributed by atoms with Crippen molar-refractivity contribution in [3.8, 4) is 0 Å². The van der Waals surface area contributed by atoms with Crippen molar-refractivity contribution in [2.24, 2.45) is 0 Å². The molecule has 0 fully saturated rings. The Bertz CT molecular complexity index is 955. The maximum absolute atomic E-state index is 12.8. The van der Waals surface area contributed by atoms with E-state index >= 15 is 0 Å². The number of fused-ring (bicyclic) bond motifs is 2. The third-order valence-electron chi connectivity index (χ3n) is 4.25. The summed E-state index contributed by atoms with van der Waals surface area (Å²) in [5.74, 6) is 0. The highest BCUT2D eigenvalue weighted by Gasteiger charge is 2.25. The molecule has 1 unspecified atom stereocenters. The third-order valence-corrected chi connectivity index (χ3v) is 4.55. The number of rotatable bonds is 1. The van der Waals surface area contributed by atoms with Gasteiger partial charge in [0, 0.05) is 0 Å². The molecule has 2 aromatic carbocycles. The smallest absolute Gasteiger partial charge is 0.262 e. The first-order valence-electron chi connectivity index (χ1n) is 7.07. The Morgan fingerprint density at radius 1 is 1.10 bits per heavy atom. The van der Waals surface area contributed by atoms with Crippen LogP contribution in [-0.4, -0.2) is 9.55 Å². The zero-order valence-electron chi connectivity index (χ0n) is 11.4. The molecule has 4 heteroatoms. The van der Waals surface area contributed by atoms with E-state index in [2.05, 4.69) is 17.1 Å². The van der Waals surface area contributed by atoms with E-state index in [0.717, 1.165) is 18.4 Å². The second-order valence-electron chi connectivity index (χ2n) is 5.40. The van der Waals surface area contributed by atoms with Crippen molar-refractivity contribution in [3.05, 3.63) is 74.8 Å². The molecule has 0 radical (unpaired) electrons. The summed E-state index contributed by atoms with van der Waals surface area (Å²) in [6.45, 7) is 0. The van der Waals surface area contributed by atoms with E-state index in [0.29, 0.717) is 10.2 Å². The monoisotopic (exact) mass is 294 g/mol. The third kappa shape index (κ3) is 1.87. The molecular weight excluding hydrogens is 280 g/mol. The number of aromatic amines is 1. The van der Waals surface area contributed by atoms with Gasteiger partial charge in [-0.1, -0.05) is 36.4 Å². The van der Waals surface area contributed by atoms with Crippen molar-refractivity contribution in [1.29, 1.82) is 0 Å². The van der Waals surface area contributed by atoms with Gasteiger partial charge in [0.05, 0.1) is 16.9 Å². The van der Waals surface area contributed by atoms with Crippen LogP contribution in [0.5, 0.6) is 0 Å². The van der Waals surface area contributed by atoms with Crippen LogP contribution in [0, 0.1) is 4.77 Å². The topological polar surface area (TPSA) is 37.8 Å². The molecule has 104 valence electrons. The lowest BCUT2D eigenvalue weighted by atomic mass is 10.1. The van der Waals surface area contributed by atoms with Crippen LogP contribution in [0.2, 0.25) is 0 Å². The molecular formula is C17H14N2OS. The molecule has 4 rings (SSSR count). The molecule has 0 spiro atoms. The predicted molar refractivity (Wildman–Crippen MR) is 86.3 cm³/mol. The fourth-order valence-electron chi connectivity index (χ4n) is 3.26. The van der Waals surface area contributed by atoms with Gasteiger partial charge in [-0.25, -0.2) is 0 Å². The molecule has 0 saturated heterocycles. The summed E-state index contributed by atoms with van der Waals surface area (Å²) in [7, 11) is 0. The van der Waals surface area contributed by atoms with Gasteiger partial charge in [-0.05, 0) is 48.3 Å². The van der Waals surface area contributed by atoms with Gasteiger partial charge in [0.25, 0.3) is 5.56 Å². The standard InChI is InChI=1S/C17H14N2OS/c20-16-13-7-3-4-8-14(13)18-17(21)19(16)15-10-9-11-5-1-2-6-12(11)15/h1-8,15H,9-10H2,(H,18,21). The maximum Gasteiger partial charge on any atom is 0.262 e. The van der Waals surface area contributed by atoms with E-state index in [4.69, 9.17) is 12.2 Å². The van der Waals surface area contributed by atoms with E-state index in [9.17, 15) is 4.79 Å². The molecule has 0 aliphatic heterocycles. The summed E-state index contributed by atoms with van der Waals surface area (Å²) < 4.78 is 2.24. The van der Waals surface area contributed by atoms with E-state index in [1.54, 1.807) is 4.57 Å². The second-order valence-corrected chi connectivity index (χ2v) is 5.79. The largest absolute Gasteiger partial charge is 0.332 e. The Labute approximate surface area is 126 Å². The average molecular weight is 294 g/mol. The minimum absolute atomic E-state index is 0.00365. The number of para-hydroxylation sites is 1. The van der Waals surface area contributed by atoms with E-state index in [1.807, 2.05) is 36.4 Å². The minimum atomic E-state index is -0.00365. The molecule has 1 atom stereocenters. The van der Waals surface area contributed by atoms with Crippen LogP contribution in [0.3, 0.4) is 0 Å². The average Bonchev–Trinajstić information content (AvgIpc) is 2.91.